The molecule has 0 fully saturated rings. The van der Waals surface area contributed by atoms with E-state index in [9.17, 15) is 20.0 Å². The lowest BCUT2D eigenvalue weighted by Gasteiger charge is -2.21. The lowest BCUT2D eigenvalue weighted by atomic mass is 9.84. The summed E-state index contributed by atoms with van der Waals surface area (Å²) in [6, 6.07) is 6.09. The molecule has 2 aromatic rings. The lowest BCUT2D eigenvalue weighted by Crippen LogP contribution is -2.31. The van der Waals surface area contributed by atoms with Crippen molar-refractivity contribution >= 4 is 22.6 Å². The number of nitro groups is 1. The third kappa shape index (κ3) is 2.05. The SMILES string of the molecule is CCC(C)(C(=O)O)c1cc2cc([N+](=O)[O-])ccc2[nH]1. The van der Waals surface area contributed by atoms with Crippen molar-refractivity contribution in [1.29, 1.82) is 0 Å². The molecule has 0 aliphatic carbocycles. The van der Waals surface area contributed by atoms with E-state index < -0.39 is 16.3 Å². The zero-order valence-electron chi connectivity index (χ0n) is 10.6. The molecule has 1 heterocycles. The summed E-state index contributed by atoms with van der Waals surface area (Å²) < 4.78 is 0. The number of carboxylic acids is 1. The first-order valence-corrected chi connectivity index (χ1v) is 5.89. The van der Waals surface area contributed by atoms with Gasteiger partial charge in [0.15, 0.2) is 0 Å². The van der Waals surface area contributed by atoms with Crippen LogP contribution in [0.3, 0.4) is 0 Å². The maximum absolute atomic E-state index is 11.4. The number of hydrogen-bond acceptors (Lipinski definition) is 3. The molecule has 100 valence electrons. The van der Waals surface area contributed by atoms with Crippen molar-refractivity contribution in [3.8, 4) is 0 Å². The van der Waals surface area contributed by atoms with E-state index in [-0.39, 0.29) is 5.69 Å². The zero-order chi connectivity index (χ0) is 14.2. The van der Waals surface area contributed by atoms with Gasteiger partial charge in [0.25, 0.3) is 5.69 Å². The van der Waals surface area contributed by atoms with E-state index >= 15 is 0 Å². The van der Waals surface area contributed by atoms with Gasteiger partial charge in [0, 0.05) is 28.7 Å². The van der Waals surface area contributed by atoms with Crippen LogP contribution in [0, 0.1) is 10.1 Å². The average molecular weight is 262 g/mol. The third-order valence-corrected chi connectivity index (χ3v) is 3.59. The van der Waals surface area contributed by atoms with Crippen molar-refractivity contribution in [2.24, 2.45) is 0 Å². The predicted octanol–water partition coefficient (Wildman–Crippen LogP) is 2.83. The highest BCUT2D eigenvalue weighted by Gasteiger charge is 2.34. The van der Waals surface area contributed by atoms with Crippen LogP contribution in [0.1, 0.15) is 26.0 Å². The molecule has 1 atom stereocenters. The van der Waals surface area contributed by atoms with Gasteiger partial charge < -0.3 is 10.1 Å². The van der Waals surface area contributed by atoms with Gasteiger partial charge in [0.2, 0.25) is 0 Å². The number of nitro benzene ring substituents is 1. The van der Waals surface area contributed by atoms with Crippen molar-refractivity contribution in [3.05, 3.63) is 40.1 Å². The smallest absolute Gasteiger partial charge is 0.315 e. The molecule has 6 nitrogen and oxygen atoms in total. The number of hydrogen-bond donors (Lipinski definition) is 2. The van der Waals surface area contributed by atoms with Crippen molar-refractivity contribution < 1.29 is 14.8 Å². The summed E-state index contributed by atoms with van der Waals surface area (Å²) in [5.41, 5.74) is 0.222. The van der Waals surface area contributed by atoms with E-state index in [4.69, 9.17) is 0 Å². The Morgan fingerprint density at radius 1 is 1.47 bits per heavy atom. The van der Waals surface area contributed by atoms with Gasteiger partial charge in [-0.15, -0.1) is 0 Å². The number of aromatic amines is 1. The number of nitrogens with zero attached hydrogens (tertiary/aromatic N) is 1. The summed E-state index contributed by atoms with van der Waals surface area (Å²) in [5.74, 6) is -0.920. The summed E-state index contributed by atoms with van der Waals surface area (Å²) in [7, 11) is 0. The Morgan fingerprint density at radius 2 is 2.16 bits per heavy atom. The fraction of sp³-hybridized carbons (Fsp3) is 0.308. The first-order valence-electron chi connectivity index (χ1n) is 5.89. The van der Waals surface area contributed by atoms with Gasteiger partial charge in [-0.1, -0.05) is 6.92 Å². The van der Waals surface area contributed by atoms with Crippen molar-refractivity contribution in [1.82, 2.24) is 4.98 Å². The number of benzene rings is 1. The molecule has 0 radical (unpaired) electrons. The van der Waals surface area contributed by atoms with Gasteiger partial charge in [-0.3, -0.25) is 14.9 Å². The number of aromatic nitrogens is 1. The second kappa shape index (κ2) is 4.38. The summed E-state index contributed by atoms with van der Waals surface area (Å²) in [6.45, 7) is 3.43. The van der Waals surface area contributed by atoms with Gasteiger partial charge >= 0.3 is 5.97 Å². The Balaban J connectivity index is 2.58. The molecule has 0 saturated carbocycles. The van der Waals surface area contributed by atoms with Crippen LogP contribution in [0.15, 0.2) is 24.3 Å². The highest BCUT2D eigenvalue weighted by Crippen LogP contribution is 2.31. The number of non-ortho nitro benzene ring substituents is 1. The van der Waals surface area contributed by atoms with Crippen molar-refractivity contribution in [3.63, 3.8) is 0 Å². The van der Waals surface area contributed by atoms with Gasteiger partial charge in [-0.2, -0.15) is 0 Å². The molecule has 0 aliphatic heterocycles. The summed E-state index contributed by atoms with van der Waals surface area (Å²) in [5, 5.41) is 20.7. The van der Waals surface area contributed by atoms with Crippen LogP contribution in [0.25, 0.3) is 10.9 Å². The number of aliphatic carboxylic acids is 1. The minimum absolute atomic E-state index is 0.00780. The highest BCUT2D eigenvalue weighted by molar-refractivity contribution is 5.87. The normalized spacial score (nSPS) is 14.2. The molecule has 0 saturated heterocycles. The van der Waals surface area contributed by atoms with E-state index in [0.717, 1.165) is 0 Å². The number of nitrogens with one attached hydrogen (secondary N) is 1. The first kappa shape index (κ1) is 13.1. The number of carboxylic acid groups (broad SMARTS) is 1. The van der Waals surface area contributed by atoms with Gasteiger partial charge in [-0.25, -0.2) is 0 Å². The fourth-order valence-electron chi connectivity index (χ4n) is 1.99. The monoisotopic (exact) mass is 262 g/mol. The van der Waals surface area contributed by atoms with Gasteiger partial charge in [0.05, 0.1) is 4.92 Å². The average Bonchev–Trinajstić information content (AvgIpc) is 2.80. The van der Waals surface area contributed by atoms with E-state index in [1.54, 1.807) is 26.0 Å². The Morgan fingerprint density at radius 3 is 2.68 bits per heavy atom. The van der Waals surface area contributed by atoms with Gasteiger partial charge in [-0.05, 0) is 25.5 Å². The van der Waals surface area contributed by atoms with Crippen LogP contribution in [-0.2, 0) is 10.2 Å². The topological polar surface area (TPSA) is 96.2 Å². The molecule has 1 aromatic heterocycles. The molecule has 0 spiro atoms. The number of fused-ring (bicyclic) bond motifs is 1. The molecule has 0 amide bonds. The number of carbonyl (C=O) groups is 1. The molecule has 0 bridgehead atoms. The summed E-state index contributed by atoms with van der Waals surface area (Å²) >= 11 is 0. The first-order chi connectivity index (χ1) is 8.88. The maximum Gasteiger partial charge on any atom is 0.315 e. The molecule has 1 unspecified atom stereocenters. The van der Waals surface area contributed by atoms with Crippen LogP contribution in [0.4, 0.5) is 5.69 Å². The summed E-state index contributed by atoms with van der Waals surface area (Å²) in [6.07, 6.45) is 0.428. The van der Waals surface area contributed by atoms with Gasteiger partial charge in [0.1, 0.15) is 5.41 Å². The molecule has 2 N–H and O–H groups in total. The molecular weight excluding hydrogens is 248 g/mol. The molecule has 6 heteroatoms. The molecule has 1 aromatic carbocycles. The predicted molar refractivity (Wildman–Crippen MR) is 70.2 cm³/mol. The second-order valence-corrected chi connectivity index (χ2v) is 4.70. The van der Waals surface area contributed by atoms with Crippen LogP contribution < -0.4 is 0 Å². The van der Waals surface area contributed by atoms with Crippen LogP contribution in [0.5, 0.6) is 0 Å². The Labute approximate surface area is 109 Å². The standard InChI is InChI=1S/C13H14N2O4/c1-3-13(2,12(16)17)11-7-8-6-9(15(18)19)4-5-10(8)14-11/h4-7,14H,3H2,1-2H3,(H,16,17). The molecular formula is C13H14N2O4. The fourth-order valence-corrected chi connectivity index (χ4v) is 1.99. The molecule has 2 rings (SSSR count). The van der Waals surface area contributed by atoms with E-state index in [0.29, 0.717) is 23.0 Å². The van der Waals surface area contributed by atoms with E-state index in [2.05, 4.69) is 4.98 Å². The Bertz CT molecular complexity index is 662. The Hall–Kier alpha value is -2.37. The number of rotatable bonds is 4. The number of H-pyrrole nitrogens is 1. The van der Waals surface area contributed by atoms with E-state index in [1.165, 1.54) is 12.1 Å². The second-order valence-electron chi connectivity index (χ2n) is 4.70. The van der Waals surface area contributed by atoms with Crippen LogP contribution in [0.2, 0.25) is 0 Å². The molecule has 19 heavy (non-hydrogen) atoms. The zero-order valence-corrected chi connectivity index (χ0v) is 10.6. The molecule has 0 aliphatic rings. The van der Waals surface area contributed by atoms with Crippen molar-refractivity contribution in [2.45, 2.75) is 25.7 Å². The third-order valence-electron chi connectivity index (χ3n) is 3.59. The minimum atomic E-state index is -1.02. The van der Waals surface area contributed by atoms with E-state index in [1.807, 2.05) is 0 Å². The maximum atomic E-state index is 11.4. The minimum Gasteiger partial charge on any atom is -0.481 e. The van der Waals surface area contributed by atoms with Crippen molar-refractivity contribution in [2.75, 3.05) is 0 Å². The highest BCUT2D eigenvalue weighted by atomic mass is 16.6. The quantitative estimate of drug-likeness (QED) is 0.654. The lowest BCUT2D eigenvalue weighted by molar-refractivity contribution is -0.384. The van der Waals surface area contributed by atoms with Crippen LogP contribution >= 0.6 is 0 Å². The van der Waals surface area contributed by atoms with Crippen LogP contribution in [-0.4, -0.2) is 21.0 Å². The largest absolute Gasteiger partial charge is 0.481 e. The summed E-state index contributed by atoms with van der Waals surface area (Å²) in [4.78, 5) is 24.7. The Kier molecular flexibility index (Phi) is 3.01.